The van der Waals surface area contributed by atoms with Crippen LogP contribution in [0.25, 0.3) is 10.8 Å². The quantitative estimate of drug-likeness (QED) is 0.303. The largest absolute Gasteiger partial charge is 0.543 e. The van der Waals surface area contributed by atoms with Gasteiger partial charge in [0.1, 0.15) is 45.8 Å². The van der Waals surface area contributed by atoms with Crippen LogP contribution < -0.4 is 15.1 Å². The van der Waals surface area contributed by atoms with Gasteiger partial charge in [-0.05, 0) is 42.9 Å². The molecule has 7 aliphatic rings. The summed E-state index contributed by atoms with van der Waals surface area (Å²) in [6.07, 6.45) is 0.731. The highest BCUT2D eigenvalue weighted by Gasteiger charge is 2.62. The number of rotatable bonds is 7. The molecule has 0 radical (unpaired) electrons. The third-order valence-corrected chi connectivity index (χ3v) is 13.7. The van der Waals surface area contributed by atoms with Crippen LogP contribution in [0.5, 0.6) is 0 Å². The molecular formula is C32H38N5O7S+. The minimum atomic E-state index is -4.04. The van der Waals surface area contributed by atoms with Gasteiger partial charge in [-0.15, -0.1) is 0 Å². The van der Waals surface area contributed by atoms with Crippen LogP contribution in [0.2, 0.25) is 0 Å². The molecule has 1 saturated carbocycles. The van der Waals surface area contributed by atoms with E-state index in [2.05, 4.69) is 0 Å². The predicted molar refractivity (Wildman–Crippen MR) is 160 cm³/mol. The number of quaternary nitrogens is 2. The molecule has 4 saturated heterocycles. The Morgan fingerprint density at radius 2 is 1.76 bits per heavy atom. The highest BCUT2D eigenvalue weighted by atomic mass is 32.2. The first-order chi connectivity index (χ1) is 21.4. The van der Waals surface area contributed by atoms with Gasteiger partial charge in [0.25, 0.3) is 15.9 Å². The molecule has 238 valence electrons. The Labute approximate surface area is 261 Å². The molecule has 0 aromatic heterocycles. The second-order valence-electron chi connectivity index (χ2n) is 14.1. The summed E-state index contributed by atoms with van der Waals surface area (Å²) in [6.45, 7) is 8.11. The fourth-order valence-electron chi connectivity index (χ4n) is 9.72. The number of hydrogen-bond donors (Lipinski definition) is 2. The lowest BCUT2D eigenvalue weighted by Crippen LogP contribution is -2.75. The zero-order valence-electron chi connectivity index (χ0n) is 25.2. The smallest absolute Gasteiger partial charge is 0.272 e. The molecule has 3 N–H and O–H groups in total. The highest BCUT2D eigenvalue weighted by Crippen LogP contribution is 2.55. The van der Waals surface area contributed by atoms with E-state index in [1.165, 1.54) is 16.1 Å². The number of hydrogen-bond acceptors (Lipinski definition) is 7. The van der Waals surface area contributed by atoms with E-state index in [1.54, 1.807) is 12.1 Å². The molecule has 2 aromatic carbocycles. The van der Waals surface area contributed by atoms with E-state index in [0.717, 1.165) is 65.7 Å². The number of nitrogens with two attached hydrogens (primary N) is 1. The zero-order chi connectivity index (χ0) is 31.6. The van der Waals surface area contributed by atoms with E-state index in [9.17, 15) is 33.0 Å². The lowest BCUT2D eigenvalue weighted by molar-refractivity contribution is -1.08. The van der Waals surface area contributed by atoms with Crippen LogP contribution in [-0.2, 0) is 31.0 Å². The fourth-order valence-corrected chi connectivity index (χ4v) is 11.6. The minimum Gasteiger partial charge on any atom is -0.543 e. The summed E-state index contributed by atoms with van der Waals surface area (Å²) in [5.74, 6) is -3.30. The van der Waals surface area contributed by atoms with E-state index in [4.69, 9.17) is 5.73 Å². The van der Waals surface area contributed by atoms with Gasteiger partial charge >= 0.3 is 0 Å². The van der Waals surface area contributed by atoms with Crippen molar-refractivity contribution >= 4 is 44.3 Å². The maximum atomic E-state index is 14.4. The number of carboxylic acids is 1. The van der Waals surface area contributed by atoms with Gasteiger partial charge in [-0.25, -0.2) is 8.42 Å². The molecular weight excluding hydrogens is 598 g/mol. The second-order valence-corrected chi connectivity index (χ2v) is 15.9. The van der Waals surface area contributed by atoms with Crippen molar-refractivity contribution in [2.75, 3.05) is 50.1 Å². The first kappa shape index (κ1) is 28.9. The van der Waals surface area contributed by atoms with Crippen molar-refractivity contribution in [2.45, 2.75) is 55.8 Å². The Kier molecular flexibility index (Phi) is 6.11. The predicted octanol–water partition coefficient (Wildman–Crippen LogP) is -0.611. The van der Waals surface area contributed by atoms with E-state index in [1.807, 2.05) is 18.2 Å². The topological polar surface area (TPSA) is 161 Å². The minimum absolute atomic E-state index is 0.211. The van der Waals surface area contributed by atoms with Gasteiger partial charge in [0.2, 0.25) is 5.91 Å². The van der Waals surface area contributed by atoms with Gasteiger partial charge in [-0.3, -0.25) is 13.9 Å². The standard InChI is InChI=1S/C32H37N5O7S/c1-18(38)26-29-21-5-3-7-23(28(21)30(32(41)42)34(29)31(26)40)35-22-6-2-4-20-19(8-9-24(27(20)22)45(35,43)44)16-36-10-13-37(14-11-36,15-12-36)17-25(33)39/h2,4,6,8-9,18,21,23,26,29,38H,3,5,7,10-17H2,1H3,(H-2,33,39,41,42)/p+1. The first-order valence-corrected chi connectivity index (χ1v) is 17.4. The second kappa shape index (κ2) is 9.50. The molecule has 2 aromatic rings. The molecule has 1 aliphatic carbocycles. The number of piperazine rings is 3. The number of carbonyl (C=O) groups is 3. The SMILES string of the molecule is CC(O)C1C(=O)N2C(C(=O)[O-])=C3C(CCCC3N3c4cccc5c(C[N+]67CC[N+](CC(N)=O)(CC6)CC7)ccc(c45)S3(=O)=O)C12. The molecule has 6 heterocycles. The zero-order valence-corrected chi connectivity index (χ0v) is 26.0. The van der Waals surface area contributed by atoms with Crippen molar-refractivity contribution in [3.8, 4) is 0 Å². The van der Waals surface area contributed by atoms with Crippen LogP contribution in [0.4, 0.5) is 5.69 Å². The van der Waals surface area contributed by atoms with Crippen LogP contribution in [0.3, 0.4) is 0 Å². The summed E-state index contributed by atoms with van der Waals surface area (Å²) >= 11 is 0. The van der Waals surface area contributed by atoms with Gasteiger partial charge in [-0.1, -0.05) is 24.6 Å². The molecule has 9 rings (SSSR count). The molecule has 2 amide bonds. The van der Waals surface area contributed by atoms with Crippen LogP contribution in [0, 0.1) is 11.8 Å². The average Bonchev–Trinajstić information content (AvgIpc) is 3.41. The van der Waals surface area contributed by atoms with Gasteiger partial charge in [0, 0.05) is 16.9 Å². The summed E-state index contributed by atoms with van der Waals surface area (Å²) in [5, 5.41) is 24.4. The maximum Gasteiger partial charge on any atom is 0.272 e. The highest BCUT2D eigenvalue weighted by molar-refractivity contribution is 7.93. The van der Waals surface area contributed by atoms with E-state index >= 15 is 0 Å². The van der Waals surface area contributed by atoms with Crippen LogP contribution >= 0.6 is 0 Å². The van der Waals surface area contributed by atoms with Crippen LogP contribution in [-0.4, -0.2) is 109 Å². The number of fused-ring (bicyclic) bond motifs is 6. The maximum absolute atomic E-state index is 14.4. The molecule has 2 bridgehead atoms. The summed E-state index contributed by atoms with van der Waals surface area (Å²) in [4.78, 5) is 38.8. The van der Waals surface area contributed by atoms with Crippen molar-refractivity contribution in [3.63, 3.8) is 0 Å². The van der Waals surface area contributed by atoms with E-state index in [0.29, 0.717) is 42.5 Å². The number of nitrogens with zero attached hydrogens (tertiary/aromatic N) is 4. The normalized spacial score (nSPS) is 34.9. The van der Waals surface area contributed by atoms with Crippen molar-refractivity contribution < 1.29 is 42.0 Å². The molecule has 6 aliphatic heterocycles. The number of benzene rings is 2. The van der Waals surface area contributed by atoms with Crippen LogP contribution in [0.15, 0.2) is 46.5 Å². The molecule has 45 heavy (non-hydrogen) atoms. The summed E-state index contributed by atoms with van der Waals surface area (Å²) in [5.41, 5.74) is 7.35. The number of β-lactam (4-membered cyclic amide) rings is 1. The Morgan fingerprint density at radius 3 is 2.40 bits per heavy atom. The lowest BCUT2D eigenvalue weighted by atomic mass is 9.71. The molecule has 5 unspecified atom stereocenters. The third kappa shape index (κ3) is 3.87. The summed E-state index contributed by atoms with van der Waals surface area (Å²) in [6, 6.07) is 7.95. The average molecular weight is 637 g/mol. The first-order valence-electron chi connectivity index (χ1n) is 15.9. The third-order valence-electron chi connectivity index (χ3n) is 11.9. The number of carboxylic acid groups (broad SMARTS) is 1. The number of aliphatic carboxylic acids is 1. The summed E-state index contributed by atoms with van der Waals surface area (Å²) in [7, 11) is -4.04. The van der Waals surface area contributed by atoms with E-state index < -0.39 is 46.0 Å². The Bertz CT molecular complexity index is 1810. The molecule has 13 heteroatoms. The van der Waals surface area contributed by atoms with Gasteiger partial charge in [-0.2, -0.15) is 0 Å². The Balaban J connectivity index is 1.18. The Morgan fingerprint density at radius 1 is 1.07 bits per heavy atom. The van der Waals surface area contributed by atoms with E-state index in [-0.39, 0.29) is 22.4 Å². The number of amides is 2. The summed E-state index contributed by atoms with van der Waals surface area (Å²) < 4.78 is 31.8. The van der Waals surface area contributed by atoms with Crippen LogP contribution in [0.1, 0.15) is 31.7 Å². The number of primary amides is 1. The van der Waals surface area contributed by atoms with Gasteiger partial charge in [0.15, 0.2) is 6.54 Å². The fraction of sp³-hybridized carbons (Fsp3) is 0.531. The monoisotopic (exact) mass is 636 g/mol. The van der Waals surface area contributed by atoms with Crippen molar-refractivity contribution in [3.05, 3.63) is 47.2 Å². The van der Waals surface area contributed by atoms with Gasteiger partial charge < -0.3 is 34.6 Å². The number of anilines is 1. The van der Waals surface area contributed by atoms with Crippen molar-refractivity contribution in [1.29, 1.82) is 0 Å². The van der Waals surface area contributed by atoms with Crippen molar-refractivity contribution in [2.24, 2.45) is 17.6 Å². The van der Waals surface area contributed by atoms with Gasteiger partial charge in [0.05, 0.1) is 46.4 Å². The molecule has 5 fully saturated rings. The number of carbonyl (C=O) groups excluding carboxylic acids is 3. The molecule has 12 nitrogen and oxygen atoms in total. The molecule has 5 atom stereocenters. The Hall–Kier alpha value is -3.52. The number of aliphatic hydroxyl groups is 1. The lowest BCUT2D eigenvalue weighted by Gasteiger charge is -2.55. The number of aliphatic hydroxyl groups excluding tert-OH is 1. The van der Waals surface area contributed by atoms with Crippen molar-refractivity contribution in [1.82, 2.24) is 4.90 Å². The number of sulfonamides is 1. The molecule has 0 spiro atoms.